The van der Waals surface area contributed by atoms with Crippen molar-refractivity contribution in [2.75, 3.05) is 4.90 Å². The third-order valence-corrected chi connectivity index (χ3v) is 11.2. The highest BCUT2D eigenvalue weighted by Crippen LogP contribution is 2.45. The summed E-state index contributed by atoms with van der Waals surface area (Å²) in [6.07, 6.45) is 14.2. The Morgan fingerprint density at radius 2 is 1.10 bits per heavy atom. The van der Waals surface area contributed by atoms with Crippen molar-refractivity contribution >= 4 is 44.1 Å². The molecule has 9 aromatic rings. The minimum atomic E-state index is 0.281. The van der Waals surface area contributed by atoms with Gasteiger partial charge in [0.2, 0.25) is 0 Å². The molecule has 274 valence electrons. The van der Waals surface area contributed by atoms with Crippen LogP contribution in [0.5, 0.6) is 0 Å². The van der Waals surface area contributed by atoms with Crippen molar-refractivity contribution in [1.82, 2.24) is 15.0 Å². The SMILES string of the molecule is C1=CC2=CC=C(N(c3ccc(-c4ccccc4)cc3)c3cc(-c4nc(-c5ccccc5)nc(-c5ccccc5)n4)c4c(c3)oc3cc5ccccc5cc34)CC2C=C1. The third-order valence-electron chi connectivity index (χ3n) is 11.2. The summed E-state index contributed by atoms with van der Waals surface area (Å²) in [6, 6.07) is 56.9. The molecule has 1 atom stereocenters. The molecule has 5 heteroatoms. The highest BCUT2D eigenvalue weighted by Gasteiger charge is 2.26. The van der Waals surface area contributed by atoms with Gasteiger partial charge >= 0.3 is 0 Å². The van der Waals surface area contributed by atoms with Gasteiger partial charge in [0, 0.05) is 50.8 Å². The van der Waals surface area contributed by atoms with Gasteiger partial charge in [0.15, 0.2) is 17.5 Å². The highest BCUT2D eigenvalue weighted by atomic mass is 16.3. The molecule has 0 bridgehead atoms. The second-order valence-corrected chi connectivity index (χ2v) is 14.8. The summed E-state index contributed by atoms with van der Waals surface area (Å²) in [5, 5.41) is 4.25. The molecule has 2 heterocycles. The van der Waals surface area contributed by atoms with Crippen molar-refractivity contribution in [3.8, 4) is 45.3 Å². The van der Waals surface area contributed by atoms with Gasteiger partial charge in [0.05, 0.1) is 5.69 Å². The summed E-state index contributed by atoms with van der Waals surface area (Å²) < 4.78 is 6.88. The molecular formula is C53H36N4O. The first-order valence-corrected chi connectivity index (χ1v) is 19.7. The number of benzene rings is 7. The lowest BCUT2D eigenvalue weighted by atomic mass is 9.86. The number of hydrogen-bond donors (Lipinski definition) is 0. The van der Waals surface area contributed by atoms with Crippen LogP contribution in [0.4, 0.5) is 11.4 Å². The Labute approximate surface area is 336 Å². The van der Waals surface area contributed by atoms with Crippen LogP contribution in [-0.4, -0.2) is 15.0 Å². The Kier molecular flexibility index (Phi) is 8.21. The van der Waals surface area contributed by atoms with Crippen molar-refractivity contribution in [3.05, 3.63) is 212 Å². The Morgan fingerprint density at radius 1 is 0.500 bits per heavy atom. The van der Waals surface area contributed by atoms with Crippen LogP contribution < -0.4 is 4.90 Å². The van der Waals surface area contributed by atoms with Gasteiger partial charge in [-0.3, -0.25) is 0 Å². The van der Waals surface area contributed by atoms with E-state index in [0.29, 0.717) is 17.5 Å². The highest BCUT2D eigenvalue weighted by molar-refractivity contribution is 6.16. The van der Waals surface area contributed by atoms with Gasteiger partial charge in [0.1, 0.15) is 11.2 Å². The summed E-state index contributed by atoms with van der Waals surface area (Å²) >= 11 is 0. The standard InChI is InChI=1S/C53H36N4O/c1-4-14-35(15-5-1)37-24-27-43(28-25-37)57(44-29-26-36-16-10-11-21-40(36)30-44)45-33-47(50-46-31-41-22-12-13-23-42(41)32-48(46)58-49(50)34-45)53-55-51(38-17-6-2-7-18-38)54-52(56-53)39-19-8-3-9-20-39/h1-29,31-34,40H,30H2. The number of allylic oxidation sites excluding steroid dienone is 8. The van der Waals surface area contributed by atoms with E-state index >= 15 is 0 Å². The number of anilines is 2. The molecule has 58 heavy (non-hydrogen) atoms. The lowest BCUT2D eigenvalue weighted by molar-refractivity contribution is 0.669. The average Bonchev–Trinajstić information content (AvgIpc) is 3.66. The zero-order chi connectivity index (χ0) is 38.4. The first kappa shape index (κ1) is 33.7. The zero-order valence-electron chi connectivity index (χ0n) is 31.5. The Bertz CT molecular complexity index is 3070. The van der Waals surface area contributed by atoms with Crippen LogP contribution in [0.1, 0.15) is 6.42 Å². The van der Waals surface area contributed by atoms with Crippen LogP contribution in [0, 0.1) is 5.92 Å². The van der Waals surface area contributed by atoms with E-state index in [9.17, 15) is 0 Å². The monoisotopic (exact) mass is 744 g/mol. The lowest BCUT2D eigenvalue weighted by Gasteiger charge is -2.33. The van der Waals surface area contributed by atoms with Crippen LogP contribution >= 0.6 is 0 Å². The molecule has 2 aliphatic carbocycles. The van der Waals surface area contributed by atoms with E-state index < -0.39 is 0 Å². The summed E-state index contributed by atoms with van der Waals surface area (Å²) in [5.41, 5.74) is 11.1. The van der Waals surface area contributed by atoms with Crippen LogP contribution in [0.3, 0.4) is 0 Å². The minimum Gasteiger partial charge on any atom is -0.456 e. The molecule has 7 aromatic carbocycles. The first-order chi connectivity index (χ1) is 28.7. The summed E-state index contributed by atoms with van der Waals surface area (Å²) in [7, 11) is 0. The van der Waals surface area contributed by atoms with E-state index in [1.54, 1.807) is 0 Å². The molecular weight excluding hydrogens is 709 g/mol. The molecule has 0 aliphatic heterocycles. The van der Waals surface area contributed by atoms with E-state index in [-0.39, 0.29) is 5.92 Å². The van der Waals surface area contributed by atoms with Gasteiger partial charge in [-0.05, 0) is 70.3 Å². The molecule has 0 N–H and O–H groups in total. The van der Waals surface area contributed by atoms with Gasteiger partial charge in [-0.1, -0.05) is 158 Å². The number of hydrogen-bond acceptors (Lipinski definition) is 5. The number of nitrogens with zero attached hydrogens (tertiary/aromatic N) is 4. The maximum atomic E-state index is 6.88. The van der Waals surface area contributed by atoms with E-state index in [4.69, 9.17) is 19.4 Å². The number of fused-ring (bicyclic) bond motifs is 5. The van der Waals surface area contributed by atoms with E-state index in [1.165, 1.54) is 16.8 Å². The molecule has 1 unspecified atom stereocenters. The number of rotatable bonds is 7. The zero-order valence-corrected chi connectivity index (χ0v) is 31.5. The summed E-state index contributed by atoms with van der Waals surface area (Å²) in [5.74, 6) is 2.08. The predicted octanol–water partition coefficient (Wildman–Crippen LogP) is 13.7. The van der Waals surface area contributed by atoms with Crippen LogP contribution in [0.25, 0.3) is 78.0 Å². The molecule has 5 nitrogen and oxygen atoms in total. The van der Waals surface area contributed by atoms with Gasteiger partial charge in [-0.15, -0.1) is 0 Å². The van der Waals surface area contributed by atoms with Crippen molar-refractivity contribution in [1.29, 1.82) is 0 Å². The van der Waals surface area contributed by atoms with Gasteiger partial charge < -0.3 is 9.32 Å². The fourth-order valence-electron chi connectivity index (χ4n) is 8.34. The van der Waals surface area contributed by atoms with Crippen molar-refractivity contribution in [3.63, 3.8) is 0 Å². The fourth-order valence-corrected chi connectivity index (χ4v) is 8.34. The Hall–Kier alpha value is -7.63. The molecule has 0 radical (unpaired) electrons. The largest absolute Gasteiger partial charge is 0.456 e. The Balaban J connectivity index is 1.18. The molecule has 0 amide bonds. The molecule has 0 spiro atoms. The predicted molar refractivity (Wildman–Crippen MR) is 237 cm³/mol. The normalized spacial score (nSPS) is 14.7. The van der Waals surface area contributed by atoms with Crippen LogP contribution in [-0.2, 0) is 0 Å². The fraction of sp³-hybridized carbons (Fsp3) is 0.0377. The van der Waals surface area contributed by atoms with E-state index in [1.807, 2.05) is 60.7 Å². The van der Waals surface area contributed by atoms with Gasteiger partial charge in [0.25, 0.3) is 0 Å². The maximum Gasteiger partial charge on any atom is 0.164 e. The van der Waals surface area contributed by atoms with Crippen LogP contribution in [0.2, 0.25) is 0 Å². The van der Waals surface area contributed by atoms with Gasteiger partial charge in [-0.2, -0.15) is 0 Å². The molecule has 2 aromatic heterocycles. The second kappa shape index (κ2) is 14.1. The lowest BCUT2D eigenvalue weighted by Crippen LogP contribution is -2.21. The van der Waals surface area contributed by atoms with Gasteiger partial charge in [-0.25, -0.2) is 15.0 Å². The topological polar surface area (TPSA) is 55.1 Å². The van der Waals surface area contributed by atoms with Crippen molar-refractivity contribution in [2.24, 2.45) is 5.92 Å². The second-order valence-electron chi connectivity index (χ2n) is 14.8. The third kappa shape index (κ3) is 6.10. The van der Waals surface area contributed by atoms with Crippen LogP contribution in [0.15, 0.2) is 216 Å². The number of furan rings is 1. The quantitative estimate of drug-likeness (QED) is 0.163. The maximum absolute atomic E-state index is 6.88. The molecule has 0 saturated heterocycles. The van der Waals surface area contributed by atoms with E-state index in [2.05, 4.69) is 144 Å². The molecule has 0 fully saturated rings. The summed E-state index contributed by atoms with van der Waals surface area (Å²) in [4.78, 5) is 17.9. The average molecular weight is 745 g/mol. The smallest absolute Gasteiger partial charge is 0.164 e. The Morgan fingerprint density at radius 3 is 1.79 bits per heavy atom. The van der Waals surface area contributed by atoms with Crippen molar-refractivity contribution in [2.45, 2.75) is 6.42 Å². The molecule has 2 aliphatic rings. The summed E-state index contributed by atoms with van der Waals surface area (Å²) in [6.45, 7) is 0. The van der Waals surface area contributed by atoms with E-state index in [0.717, 1.165) is 72.8 Å². The molecule has 0 saturated carbocycles. The number of aromatic nitrogens is 3. The first-order valence-electron chi connectivity index (χ1n) is 19.7. The van der Waals surface area contributed by atoms with Crippen molar-refractivity contribution < 1.29 is 4.42 Å². The minimum absolute atomic E-state index is 0.281. The molecule has 11 rings (SSSR count).